The standard InChI is InChI=1S/C45H44Cl2N6O5/c1-24-19-30(20-25(2)40(24)47)58-18-10-12-31-32-13-14-34(46)39(38-27(4)49-50(6)28(38)5)42(32)53-26(3)22-52(44(54)43(31)53)35-15-16-37(57-7)33-21-36(45(55)56)51(41(33)35)23-29-11-8-9-17-48-29/h8-9,11,13-17,19-21,26H,10,12,18,22-23H2,1-7H3,(H,55,56)/t26-/m1/s1. The molecule has 1 aliphatic heterocycles. The predicted octanol–water partition coefficient (Wildman–Crippen LogP) is 9.92. The number of aromatic nitrogens is 5. The molecule has 0 radical (unpaired) electrons. The molecule has 0 spiro atoms. The molecule has 13 heteroatoms. The molecular formula is C45H44Cl2N6O5. The molecule has 298 valence electrons. The SMILES string of the molecule is COc1ccc(N2C[C@@H](C)n3c(c(CCCOc4cc(C)c(Cl)c(C)c4)c4ccc(Cl)c(-c5c(C)nn(C)c5C)c43)C2=O)c2c1cc(C(=O)O)n2Cc1ccccn1. The minimum Gasteiger partial charge on any atom is -0.496 e. The number of methoxy groups -OCH3 is 1. The van der Waals surface area contributed by atoms with Crippen LogP contribution in [0.4, 0.5) is 5.69 Å². The van der Waals surface area contributed by atoms with Crippen LogP contribution < -0.4 is 14.4 Å². The maximum atomic E-state index is 15.4. The summed E-state index contributed by atoms with van der Waals surface area (Å²) in [5.74, 6) is -0.0586. The van der Waals surface area contributed by atoms with Crippen LogP contribution in [-0.4, -0.2) is 61.1 Å². The number of carbonyl (C=O) groups excluding carboxylic acids is 1. The highest BCUT2D eigenvalue weighted by Crippen LogP contribution is 2.46. The van der Waals surface area contributed by atoms with Gasteiger partial charge in [-0.2, -0.15) is 5.10 Å². The first-order valence-electron chi connectivity index (χ1n) is 19.2. The van der Waals surface area contributed by atoms with Crippen molar-refractivity contribution >= 4 is 62.6 Å². The lowest BCUT2D eigenvalue weighted by Crippen LogP contribution is -2.43. The first-order chi connectivity index (χ1) is 27.8. The number of halogens is 2. The maximum absolute atomic E-state index is 15.4. The van der Waals surface area contributed by atoms with Crippen molar-refractivity contribution in [3.63, 3.8) is 0 Å². The Kier molecular flexibility index (Phi) is 10.2. The van der Waals surface area contributed by atoms with Crippen molar-refractivity contribution < 1.29 is 24.2 Å². The normalized spacial score (nSPS) is 14.1. The topological polar surface area (TPSA) is 117 Å². The molecule has 1 amide bonds. The molecule has 0 fully saturated rings. The molecule has 11 nitrogen and oxygen atoms in total. The third-order valence-electron chi connectivity index (χ3n) is 11.3. The van der Waals surface area contributed by atoms with E-state index in [0.29, 0.717) is 64.7 Å². The molecule has 0 bridgehead atoms. The fraction of sp³-hybridized carbons (Fsp3) is 0.289. The number of aryl methyl sites for hydroxylation is 5. The van der Waals surface area contributed by atoms with Crippen molar-refractivity contribution in [1.29, 1.82) is 0 Å². The van der Waals surface area contributed by atoms with Gasteiger partial charge in [0.05, 0.1) is 53.4 Å². The average molecular weight is 820 g/mol. The van der Waals surface area contributed by atoms with Gasteiger partial charge in [0.1, 0.15) is 22.9 Å². The van der Waals surface area contributed by atoms with Crippen molar-refractivity contribution in [3.8, 4) is 22.6 Å². The van der Waals surface area contributed by atoms with Crippen LogP contribution in [-0.2, 0) is 20.0 Å². The molecule has 58 heavy (non-hydrogen) atoms. The van der Waals surface area contributed by atoms with Crippen molar-refractivity contribution in [3.05, 3.63) is 122 Å². The Morgan fingerprint density at radius 3 is 2.38 bits per heavy atom. The van der Waals surface area contributed by atoms with Gasteiger partial charge in [-0.05, 0) is 113 Å². The van der Waals surface area contributed by atoms with Crippen molar-refractivity contribution in [2.75, 3.05) is 25.2 Å². The summed E-state index contributed by atoms with van der Waals surface area (Å²) in [6.45, 7) is 10.9. The Hall–Kier alpha value is -5.78. The summed E-state index contributed by atoms with van der Waals surface area (Å²) in [6, 6.07) is 18.4. The summed E-state index contributed by atoms with van der Waals surface area (Å²) in [6.07, 6.45) is 2.84. The Bertz CT molecular complexity index is 2760. The Morgan fingerprint density at radius 2 is 1.72 bits per heavy atom. The van der Waals surface area contributed by atoms with Gasteiger partial charge in [-0.15, -0.1) is 0 Å². The number of anilines is 1. The highest BCUT2D eigenvalue weighted by molar-refractivity contribution is 6.35. The molecule has 5 heterocycles. The van der Waals surface area contributed by atoms with Crippen LogP contribution in [0.5, 0.6) is 11.5 Å². The first kappa shape index (κ1) is 39.1. The number of aromatic carboxylic acids is 1. The number of fused-ring (bicyclic) bond motifs is 4. The fourth-order valence-electron chi connectivity index (χ4n) is 8.66. The number of benzene rings is 3. The molecule has 1 aliphatic rings. The zero-order valence-electron chi connectivity index (χ0n) is 33.5. The van der Waals surface area contributed by atoms with E-state index in [1.54, 1.807) is 34.9 Å². The fourth-order valence-corrected chi connectivity index (χ4v) is 9.02. The van der Waals surface area contributed by atoms with Gasteiger partial charge < -0.3 is 28.6 Å². The van der Waals surface area contributed by atoms with Gasteiger partial charge >= 0.3 is 5.97 Å². The van der Waals surface area contributed by atoms with E-state index in [1.165, 1.54) is 0 Å². The minimum absolute atomic E-state index is 0.0614. The van der Waals surface area contributed by atoms with Crippen LogP contribution >= 0.6 is 23.2 Å². The van der Waals surface area contributed by atoms with Crippen molar-refractivity contribution in [2.45, 2.75) is 60.0 Å². The molecule has 7 aromatic rings. The first-order valence-corrected chi connectivity index (χ1v) is 20.0. The zero-order chi connectivity index (χ0) is 41.2. The highest BCUT2D eigenvalue weighted by Gasteiger charge is 2.38. The van der Waals surface area contributed by atoms with E-state index in [-0.39, 0.29) is 24.2 Å². The van der Waals surface area contributed by atoms with Crippen molar-refractivity contribution in [2.24, 2.45) is 7.05 Å². The van der Waals surface area contributed by atoms with Gasteiger partial charge in [-0.3, -0.25) is 14.5 Å². The smallest absolute Gasteiger partial charge is 0.352 e. The van der Waals surface area contributed by atoms with Crippen LogP contribution in [0.3, 0.4) is 0 Å². The summed E-state index contributed by atoms with van der Waals surface area (Å²) in [5.41, 5.74) is 9.69. The third-order valence-corrected chi connectivity index (χ3v) is 12.2. The number of rotatable bonds is 11. The quantitative estimate of drug-likeness (QED) is 0.129. The van der Waals surface area contributed by atoms with E-state index in [1.807, 2.05) is 88.0 Å². The molecule has 8 rings (SSSR count). The summed E-state index contributed by atoms with van der Waals surface area (Å²) in [5, 5.41) is 18.0. The number of ether oxygens (including phenoxy) is 2. The molecule has 4 aromatic heterocycles. The number of nitrogens with zero attached hydrogens (tertiary/aromatic N) is 6. The van der Waals surface area contributed by atoms with Crippen molar-refractivity contribution in [1.82, 2.24) is 23.9 Å². The lowest BCUT2D eigenvalue weighted by atomic mass is 9.98. The molecule has 0 unspecified atom stereocenters. The largest absolute Gasteiger partial charge is 0.496 e. The number of pyridine rings is 1. The van der Waals surface area contributed by atoms with Gasteiger partial charge in [0.25, 0.3) is 5.91 Å². The number of hydrogen-bond acceptors (Lipinski definition) is 6. The number of amides is 1. The minimum atomic E-state index is -1.10. The second-order valence-electron chi connectivity index (χ2n) is 15.1. The monoisotopic (exact) mass is 818 g/mol. The number of carboxylic acids is 1. The number of carbonyl (C=O) groups is 2. The van der Waals surface area contributed by atoms with Crippen LogP contribution in [0.1, 0.15) is 74.1 Å². The van der Waals surface area contributed by atoms with E-state index >= 15 is 4.79 Å². The molecule has 0 saturated heterocycles. The second-order valence-corrected chi connectivity index (χ2v) is 15.8. The zero-order valence-corrected chi connectivity index (χ0v) is 35.0. The van der Waals surface area contributed by atoms with E-state index in [4.69, 9.17) is 37.8 Å². The van der Waals surface area contributed by atoms with Gasteiger partial charge in [0.15, 0.2) is 0 Å². The highest BCUT2D eigenvalue weighted by atomic mass is 35.5. The van der Waals surface area contributed by atoms with Gasteiger partial charge in [-0.25, -0.2) is 4.79 Å². The number of hydrogen-bond donors (Lipinski definition) is 1. The third kappa shape index (κ3) is 6.46. The molecular weight excluding hydrogens is 775 g/mol. The molecule has 0 aliphatic carbocycles. The van der Waals surface area contributed by atoms with Gasteiger partial charge in [0.2, 0.25) is 0 Å². The summed E-state index contributed by atoms with van der Waals surface area (Å²) in [7, 11) is 3.47. The summed E-state index contributed by atoms with van der Waals surface area (Å²) >= 11 is 13.6. The van der Waals surface area contributed by atoms with E-state index in [2.05, 4.69) is 16.5 Å². The lowest BCUT2D eigenvalue weighted by molar-refractivity contribution is 0.0686. The molecule has 3 aromatic carbocycles. The Labute approximate surface area is 346 Å². The predicted molar refractivity (Wildman–Crippen MR) is 229 cm³/mol. The van der Waals surface area contributed by atoms with E-state index in [9.17, 15) is 9.90 Å². The molecule has 1 N–H and O–H groups in total. The Morgan fingerprint density at radius 1 is 0.966 bits per heavy atom. The van der Waals surface area contributed by atoms with Crippen LogP contribution in [0.2, 0.25) is 10.0 Å². The lowest BCUT2D eigenvalue weighted by Gasteiger charge is -2.35. The molecule has 1 atom stereocenters. The van der Waals surface area contributed by atoms with Crippen LogP contribution in [0.25, 0.3) is 32.9 Å². The maximum Gasteiger partial charge on any atom is 0.352 e. The number of carboxylic acid groups (broad SMARTS) is 1. The summed E-state index contributed by atoms with van der Waals surface area (Å²) in [4.78, 5) is 34.5. The average Bonchev–Trinajstić information content (AvgIpc) is 3.83. The van der Waals surface area contributed by atoms with E-state index in [0.717, 1.165) is 60.9 Å². The van der Waals surface area contributed by atoms with E-state index < -0.39 is 5.97 Å². The Balaban J connectivity index is 1.30. The van der Waals surface area contributed by atoms with Crippen LogP contribution in [0.15, 0.2) is 66.9 Å². The van der Waals surface area contributed by atoms with Crippen LogP contribution in [0, 0.1) is 27.7 Å². The van der Waals surface area contributed by atoms with Gasteiger partial charge in [-0.1, -0.05) is 35.3 Å². The summed E-state index contributed by atoms with van der Waals surface area (Å²) < 4.78 is 17.7. The molecule has 0 saturated carbocycles. The second kappa shape index (κ2) is 15.2. The van der Waals surface area contributed by atoms with Gasteiger partial charge in [0, 0.05) is 58.4 Å².